The molecule has 2 aromatic rings. The number of alkyl halides is 3. The van der Waals surface area contributed by atoms with Gasteiger partial charge in [-0.25, -0.2) is 0 Å². The van der Waals surface area contributed by atoms with Gasteiger partial charge in [-0.3, -0.25) is 0 Å². The van der Waals surface area contributed by atoms with Crippen LogP contribution in [0.4, 0.5) is 13.2 Å². The predicted octanol–water partition coefficient (Wildman–Crippen LogP) is 9.29. The van der Waals surface area contributed by atoms with Crippen molar-refractivity contribution in [1.82, 2.24) is 15.5 Å². The number of nitriles is 1. The normalized spacial score (nSPS) is 12.8. The molecule has 2 unspecified atom stereocenters. The summed E-state index contributed by atoms with van der Waals surface area (Å²) in [6.45, 7) is 27.3. The number of halogens is 3. The van der Waals surface area contributed by atoms with E-state index in [0.717, 1.165) is 61.9 Å². The minimum Gasteiger partial charge on any atom is -0.400 e. The Morgan fingerprint density at radius 3 is 2.08 bits per heavy atom. The molecule has 49 heavy (non-hydrogen) atoms. The minimum atomic E-state index is -4.46. The summed E-state index contributed by atoms with van der Waals surface area (Å²) >= 11 is 0. The topological polar surface area (TPSA) is 88.4 Å². The molecule has 0 saturated carbocycles. The van der Waals surface area contributed by atoms with Crippen LogP contribution < -0.4 is 10.6 Å². The Labute approximate surface area is 293 Å². The third-order valence-corrected chi connectivity index (χ3v) is 7.43. The largest absolute Gasteiger partial charge is 0.416 e. The van der Waals surface area contributed by atoms with Crippen molar-refractivity contribution in [3.8, 4) is 6.07 Å². The van der Waals surface area contributed by atoms with Crippen LogP contribution in [-0.4, -0.2) is 42.0 Å². The van der Waals surface area contributed by atoms with E-state index in [9.17, 15) is 18.0 Å². The van der Waals surface area contributed by atoms with Gasteiger partial charge < -0.3 is 25.4 Å². The molecule has 2 aromatic carbocycles. The lowest BCUT2D eigenvalue weighted by atomic mass is 9.89. The lowest BCUT2D eigenvalue weighted by Gasteiger charge is -2.35. The van der Waals surface area contributed by atoms with Crippen molar-refractivity contribution in [1.29, 1.82) is 5.26 Å². The number of aryl methyl sites for hydroxylation is 1. The molecule has 2 atom stereocenters. The maximum Gasteiger partial charge on any atom is 0.416 e. The summed E-state index contributed by atoms with van der Waals surface area (Å²) in [5.74, 6) is 0. The highest BCUT2D eigenvalue weighted by Gasteiger charge is 2.31. The van der Waals surface area contributed by atoms with Gasteiger partial charge in [0.2, 0.25) is 0 Å². The summed E-state index contributed by atoms with van der Waals surface area (Å²) in [5, 5.41) is 22.8. The Morgan fingerprint density at radius 1 is 1.00 bits per heavy atom. The summed E-state index contributed by atoms with van der Waals surface area (Å²) in [7, 11) is 2.53. The van der Waals surface area contributed by atoms with Crippen LogP contribution in [0.3, 0.4) is 0 Å². The predicted molar refractivity (Wildman–Crippen MR) is 196 cm³/mol. The molecule has 6 nitrogen and oxygen atoms in total. The van der Waals surface area contributed by atoms with Crippen LogP contribution >= 0.6 is 0 Å². The highest BCUT2D eigenvalue weighted by Crippen LogP contribution is 2.31. The van der Waals surface area contributed by atoms with Gasteiger partial charge in [0.05, 0.1) is 17.2 Å². The molecule has 0 aliphatic carbocycles. The maximum atomic E-state index is 12.6. The van der Waals surface area contributed by atoms with Crippen LogP contribution in [0.15, 0.2) is 103 Å². The van der Waals surface area contributed by atoms with Crippen molar-refractivity contribution in [3.63, 3.8) is 0 Å². The van der Waals surface area contributed by atoms with Crippen LogP contribution in [0.1, 0.15) is 90.5 Å². The van der Waals surface area contributed by atoms with Gasteiger partial charge in [0.1, 0.15) is 12.3 Å². The number of likely N-dealkylation sites (N-methyl/N-ethyl adjacent to an activating group) is 1. The molecule has 0 radical (unpaired) electrons. The van der Waals surface area contributed by atoms with Gasteiger partial charge in [-0.2, -0.15) is 18.4 Å². The highest BCUT2D eigenvalue weighted by molar-refractivity contribution is 5.62. The molecule has 0 aliphatic heterocycles. The third kappa shape index (κ3) is 17.6. The molecule has 9 heteroatoms. The van der Waals surface area contributed by atoms with Gasteiger partial charge in [0.15, 0.2) is 0 Å². The summed E-state index contributed by atoms with van der Waals surface area (Å²) in [6, 6.07) is 16.5. The number of nitrogens with one attached hydrogen (secondary N) is 2. The Morgan fingerprint density at radius 2 is 1.59 bits per heavy atom. The number of allylic oxidation sites excluding steroid dienone is 2. The molecule has 3 N–H and O–H groups in total. The van der Waals surface area contributed by atoms with Gasteiger partial charge in [0, 0.05) is 43.4 Å². The molecule has 0 heterocycles. The molecule has 0 aromatic heterocycles. The van der Waals surface area contributed by atoms with Gasteiger partial charge in [-0.1, -0.05) is 88.5 Å². The summed E-state index contributed by atoms with van der Waals surface area (Å²) < 4.78 is 37.9. The van der Waals surface area contributed by atoms with Crippen molar-refractivity contribution >= 4 is 6.29 Å². The van der Waals surface area contributed by atoms with Crippen LogP contribution in [-0.2, 0) is 17.4 Å². The second-order valence-corrected chi connectivity index (χ2v) is 13.8. The van der Waals surface area contributed by atoms with Crippen molar-refractivity contribution in [3.05, 3.63) is 120 Å². The molecule has 0 fully saturated rings. The van der Waals surface area contributed by atoms with Crippen LogP contribution in [0.25, 0.3) is 0 Å². The van der Waals surface area contributed by atoms with Gasteiger partial charge in [0.25, 0.3) is 0 Å². The van der Waals surface area contributed by atoms with Crippen molar-refractivity contribution in [2.45, 2.75) is 97.9 Å². The molecule has 270 valence electrons. The van der Waals surface area contributed by atoms with E-state index in [0.29, 0.717) is 11.9 Å². The average molecular weight is 683 g/mol. The molecule has 0 saturated heterocycles. The number of hydrogen-bond acceptors (Lipinski definition) is 6. The fourth-order valence-corrected chi connectivity index (χ4v) is 4.91. The Balaban J connectivity index is 0.000000930. The fraction of sp³-hybridized carbons (Fsp3) is 0.450. The number of carbonyl (C=O) groups excluding carboxylic acids is 1. The quantitative estimate of drug-likeness (QED) is 0.0986. The van der Waals surface area contributed by atoms with Gasteiger partial charge in [-0.05, 0) is 82.1 Å². The van der Waals surface area contributed by atoms with E-state index in [1.165, 1.54) is 35.8 Å². The first-order chi connectivity index (χ1) is 22.7. The van der Waals surface area contributed by atoms with E-state index in [1.807, 2.05) is 6.07 Å². The molecule has 0 spiro atoms. The minimum absolute atomic E-state index is 0.215. The zero-order valence-electron chi connectivity index (χ0n) is 30.8. The van der Waals surface area contributed by atoms with Crippen LogP contribution in [0.2, 0.25) is 0 Å². The van der Waals surface area contributed by atoms with Crippen molar-refractivity contribution in [2.75, 3.05) is 14.2 Å². The van der Waals surface area contributed by atoms with E-state index in [4.69, 9.17) is 10.4 Å². The first-order valence-corrected chi connectivity index (χ1v) is 16.2. The zero-order valence-corrected chi connectivity index (χ0v) is 30.8. The number of benzene rings is 2. The molecule has 0 aliphatic rings. The number of hydrogen-bond donors (Lipinski definition) is 3. The van der Waals surface area contributed by atoms with Crippen LogP contribution in [0, 0.1) is 16.7 Å². The zero-order chi connectivity index (χ0) is 38.0. The monoisotopic (exact) mass is 682 g/mol. The summed E-state index contributed by atoms with van der Waals surface area (Å²) in [6.07, 6.45) is 1.68. The maximum absolute atomic E-state index is 12.6. The number of rotatable bonds is 15. The summed E-state index contributed by atoms with van der Waals surface area (Å²) in [4.78, 5) is 12.5. The Kier molecular flexibility index (Phi) is 19.1. The summed E-state index contributed by atoms with van der Waals surface area (Å²) in [5.41, 5.74) is 4.27. The SMILES string of the molecule is C/C(C#N)=C/N(C)C(C=O)c1cccc(C(F)(F)F)c1.C=C(CC(C)(C)C)NC(C)(C)C(=C)NC(CCCc1ccccc1)C(=C)C.CO. The van der Waals surface area contributed by atoms with Crippen molar-refractivity contribution < 1.29 is 23.1 Å². The molecule has 0 bridgehead atoms. The van der Waals surface area contributed by atoms with Gasteiger partial charge in [-0.15, -0.1) is 0 Å². The second-order valence-electron chi connectivity index (χ2n) is 13.8. The van der Waals surface area contributed by atoms with Crippen LogP contribution in [0.5, 0.6) is 0 Å². The second kappa shape index (κ2) is 20.9. The number of carbonyl (C=O) groups is 1. The van der Waals surface area contributed by atoms with Crippen molar-refractivity contribution in [2.24, 2.45) is 5.41 Å². The molecule has 0 amide bonds. The highest BCUT2D eigenvalue weighted by atomic mass is 19.4. The molecular formula is C40H57F3N4O2. The van der Waals surface area contributed by atoms with Gasteiger partial charge >= 0.3 is 6.18 Å². The standard InChI is InChI=1S/C25H40N2.C14H13F3N2O.CH4O/c1-19(2)23(17-13-16-22-14-11-10-12-15-22)26-21(4)25(8,9)27-20(3)18-24(5,6)7;1-10(7-18)8-19(2)13(9-20)11-4-3-5-12(6-11)14(15,16)17;1-2/h10-12,14-15,23,26-27H,1,3-4,13,16-18H2,2,5-9H3;3-6,8-9,13H,1-2H3;2H,1H3/b;10-8-;. The molecule has 2 rings (SSSR count). The van der Waals surface area contributed by atoms with E-state index < -0.39 is 17.8 Å². The number of nitrogens with zero attached hydrogens (tertiary/aromatic N) is 2. The lowest BCUT2D eigenvalue weighted by Crippen LogP contribution is -2.47. The van der Waals surface area contributed by atoms with E-state index >= 15 is 0 Å². The fourth-order valence-electron chi connectivity index (χ4n) is 4.91. The first kappa shape index (κ1) is 44.7. The average Bonchev–Trinajstić information content (AvgIpc) is 3.01. The lowest BCUT2D eigenvalue weighted by molar-refractivity contribution is -0.137. The van der Waals surface area contributed by atoms with E-state index in [2.05, 4.69) is 102 Å². The third-order valence-electron chi connectivity index (χ3n) is 7.43. The number of aldehydes is 1. The van der Waals surface area contributed by atoms with E-state index in [1.54, 1.807) is 6.92 Å². The van der Waals surface area contributed by atoms with E-state index in [-0.39, 0.29) is 22.6 Å². The molecular weight excluding hydrogens is 625 g/mol. The Hall–Kier alpha value is -4.29. The number of aliphatic hydroxyl groups excluding tert-OH is 1. The Bertz CT molecular complexity index is 1420. The number of aliphatic hydroxyl groups is 1. The first-order valence-electron chi connectivity index (χ1n) is 16.2. The smallest absolute Gasteiger partial charge is 0.400 e.